The molecule has 0 radical (unpaired) electrons. The fourth-order valence-corrected chi connectivity index (χ4v) is 5.20. The fourth-order valence-electron chi connectivity index (χ4n) is 3.98. The van der Waals surface area contributed by atoms with Crippen LogP contribution in [0.3, 0.4) is 0 Å². The van der Waals surface area contributed by atoms with Crippen LogP contribution >= 0.6 is 11.8 Å². The van der Waals surface area contributed by atoms with Crippen molar-refractivity contribution in [2.24, 2.45) is 5.92 Å². The van der Waals surface area contributed by atoms with Crippen LogP contribution in [0.2, 0.25) is 0 Å². The molecule has 1 aromatic rings. The Labute approximate surface area is 161 Å². The van der Waals surface area contributed by atoms with Gasteiger partial charge in [-0.15, -0.1) is 0 Å². The Morgan fingerprint density at radius 1 is 1.08 bits per heavy atom. The third-order valence-corrected chi connectivity index (χ3v) is 6.97. The van der Waals surface area contributed by atoms with Crippen LogP contribution in [0.4, 0.5) is 4.39 Å². The Balaban J connectivity index is 1.29. The quantitative estimate of drug-likeness (QED) is 0.721. The second kappa shape index (κ2) is 10.3. The first-order chi connectivity index (χ1) is 12.7. The number of hydrogen-bond donors (Lipinski definition) is 1. The summed E-state index contributed by atoms with van der Waals surface area (Å²) in [5.41, 5.74) is 1.13. The molecule has 144 valence electrons. The normalized spacial score (nSPS) is 20.2. The van der Waals surface area contributed by atoms with Gasteiger partial charge in [-0.05, 0) is 56.5 Å². The minimum atomic E-state index is -0.189. The van der Waals surface area contributed by atoms with Crippen molar-refractivity contribution in [1.82, 2.24) is 10.2 Å². The summed E-state index contributed by atoms with van der Waals surface area (Å²) in [5.74, 6) is 1.24. The standard InChI is InChI=1S/C21H31FN2OS/c22-19-8-6-17(7-9-19)16-24-13-10-18(11-14-24)21(25)23-12-15-26-20-4-2-1-3-5-20/h6-9,18,20H,1-5,10-16H2,(H,23,25). The summed E-state index contributed by atoms with van der Waals surface area (Å²) in [4.78, 5) is 14.7. The average molecular weight is 379 g/mol. The maximum absolute atomic E-state index is 13.0. The van der Waals surface area contributed by atoms with Crippen molar-refractivity contribution in [3.8, 4) is 0 Å². The number of nitrogens with zero attached hydrogens (tertiary/aromatic N) is 1. The van der Waals surface area contributed by atoms with Gasteiger partial charge < -0.3 is 5.32 Å². The lowest BCUT2D eigenvalue weighted by Gasteiger charge is -2.31. The van der Waals surface area contributed by atoms with Gasteiger partial charge in [-0.3, -0.25) is 9.69 Å². The predicted molar refractivity (Wildman–Crippen MR) is 107 cm³/mol. The van der Waals surface area contributed by atoms with E-state index in [1.807, 2.05) is 23.9 Å². The molecule has 1 aromatic carbocycles. The first-order valence-electron chi connectivity index (χ1n) is 10.1. The minimum absolute atomic E-state index is 0.152. The van der Waals surface area contributed by atoms with Crippen molar-refractivity contribution in [3.63, 3.8) is 0 Å². The maximum atomic E-state index is 13.0. The van der Waals surface area contributed by atoms with Gasteiger partial charge in [0.2, 0.25) is 5.91 Å². The zero-order valence-electron chi connectivity index (χ0n) is 15.6. The molecule has 2 aliphatic rings. The maximum Gasteiger partial charge on any atom is 0.223 e. The monoisotopic (exact) mass is 378 g/mol. The Bertz CT molecular complexity index is 552. The van der Waals surface area contributed by atoms with Crippen LogP contribution in [0.1, 0.15) is 50.5 Å². The lowest BCUT2D eigenvalue weighted by molar-refractivity contribution is -0.126. The Hall–Kier alpha value is -1.07. The van der Waals surface area contributed by atoms with Crippen LogP contribution in [0.5, 0.6) is 0 Å². The van der Waals surface area contributed by atoms with Gasteiger partial charge in [0.25, 0.3) is 0 Å². The van der Waals surface area contributed by atoms with E-state index in [0.29, 0.717) is 0 Å². The highest BCUT2D eigenvalue weighted by atomic mass is 32.2. The largest absolute Gasteiger partial charge is 0.355 e. The van der Waals surface area contributed by atoms with E-state index in [1.54, 1.807) is 0 Å². The zero-order chi connectivity index (χ0) is 18.2. The number of amides is 1. The molecular weight excluding hydrogens is 347 g/mol. The topological polar surface area (TPSA) is 32.3 Å². The molecule has 1 heterocycles. The van der Waals surface area contributed by atoms with Crippen molar-refractivity contribution in [3.05, 3.63) is 35.6 Å². The molecule has 1 amide bonds. The molecule has 1 N–H and O–H groups in total. The number of rotatable bonds is 7. The zero-order valence-corrected chi connectivity index (χ0v) is 16.4. The highest BCUT2D eigenvalue weighted by Crippen LogP contribution is 2.27. The molecule has 2 fully saturated rings. The van der Waals surface area contributed by atoms with E-state index < -0.39 is 0 Å². The molecule has 0 unspecified atom stereocenters. The van der Waals surface area contributed by atoms with Crippen LogP contribution in [0, 0.1) is 11.7 Å². The van der Waals surface area contributed by atoms with Gasteiger partial charge in [0.05, 0.1) is 0 Å². The molecule has 0 atom stereocenters. The molecule has 1 saturated carbocycles. The SMILES string of the molecule is O=C(NCCSC1CCCCC1)C1CCN(Cc2ccc(F)cc2)CC1. The number of thioether (sulfide) groups is 1. The van der Waals surface area contributed by atoms with E-state index in [0.717, 1.165) is 55.6 Å². The summed E-state index contributed by atoms with van der Waals surface area (Å²) in [6.07, 6.45) is 8.69. The number of piperidine rings is 1. The van der Waals surface area contributed by atoms with E-state index in [-0.39, 0.29) is 17.6 Å². The second-order valence-electron chi connectivity index (χ2n) is 7.60. The Morgan fingerprint density at radius 2 is 1.77 bits per heavy atom. The molecule has 0 spiro atoms. The van der Waals surface area contributed by atoms with Gasteiger partial charge in [0.1, 0.15) is 5.82 Å². The van der Waals surface area contributed by atoms with Crippen molar-refractivity contribution < 1.29 is 9.18 Å². The van der Waals surface area contributed by atoms with Crippen LogP contribution in [0.15, 0.2) is 24.3 Å². The lowest BCUT2D eigenvalue weighted by atomic mass is 9.95. The minimum Gasteiger partial charge on any atom is -0.355 e. The Kier molecular flexibility index (Phi) is 7.81. The van der Waals surface area contributed by atoms with Gasteiger partial charge in [-0.2, -0.15) is 11.8 Å². The third kappa shape index (κ3) is 6.27. The highest BCUT2D eigenvalue weighted by molar-refractivity contribution is 7.99. The Morgan fingerprint density at radius 3 is 2.46 bits per heavy atom. The number of hydrogen-bond acceptors (Lipinski definition) is 3. The summed E-state index contributed by atoms with van der Waals surface area (Å²) < 4.78 is 13.0. The van der Waals surface area contributed by atoms with Gasteiger partial charge in [0.15, 0.2) is 0 Å². The summed E-state index contributed by atoms with van der Waals surface area (Å²) in [5, 5.41) is 3.96. The molecule has 3 rings (SSSR count). The molecule has 1 aliphatic carbocycles. The molecule has 5 heteroatoms. The molecule has 1 saturated heterocycles. The summed E-state index contributed by atoms with van der Waals surface area (Å²) in [6, 6.07) is 6.72. The second-order valence-corrected chi connectivity index (χ2v) is 9.01. The number of carbonyl (C=O) groups is 1. The molecule has 26 heavy (non-hydrogen) atoms. The van der Waals surface area contributed by atoms with Gasteiger partial charge >= 0.3 is 0 Å². The van der Waals surface area contributed by atoms with E-state index in [9.17, 15) is 9.18 Å². The summed E-state index contributed by atoms with van der Waals surface area (Å²) >= 11 is 2.04. The molecule has 0 bridgehead atoms. The van der Waals surface area contributed by atoms with Gasteiger partial charge in [-0.1, -0.05) is 31.4 Å². The first kappa shape index (κ1) is 19.7. The summed E-state index contributed by atoms with van der Waals surface area (Å²) in [6.45, 7) is 3.51. The number of carbonyl (C=O) groups excluding carboxylic acids is 1. The van der Waals surface area contributed by atoms with Gasteiger partial charge in [-0.25, -0.2) is 4.39 Å². The van der Waals surface area contributed by atoms with Crippen LogP contribution in [-0.2, 0) is 11.3 Å². The number of nitrogens with one attached hydrogen (secondary N) is 1. The molecular formula is C21H31FN2OS. The molecule has 1 aliphatic heterocycles. The van der Waals surface area contributed by atoms with E-state index >= 15 is 0 Å². The van der Waals surface area contributed by atoms with Crippen molar-refractivity contribution in [2.75, 3.05) is 25.4 Å². The third-order valence-electron chi connectivity index (χ3n) is 5.58. The van der Waals surface area contributed by atoms with E-state index in [4.69, 9.17) is 0 Å². The van der Waals surface area contributed by atoms with Gasteiger partial charge in [0, 0.05) is 30.0 Å². The molecule has 0 aromatic heterocycles. The first-order valence-corrected chi connectivity index (χ1v) is 11.1. The van der Waals surface area contributed by atoms with Crippen molar-refractivity contribution in [1.29, 1.82) is 0 Å². The lowest BCUT2D eigenvalue weighted by Crippen LogP contribution is -2.40. The van der Waals surface area contributed by atoms with Crippen molar-refractivity contribution in [2.45, 2.75) is 56.7 Å². The number of likely N-dealkylation sites (tertiary alicyclic amines) is 1. The van der Waals surface area contributed by atoms with Crippen LogP contribution < -0.4 is 5.32 Å². The number of benzene rings is 1. The van der Waals surface area contributed by atoms with E-state index in [1.165, 1.54) is 44.2 Å². The predicted octanol–water partition coefficient (Wildman–Crippen LogP) is 4.22. The summed E-state index contributed by atoms with van der Waals surface area (Å²) in [7, 11) is 0. The van der Waals surface area contributed by atoms with Crippen LogP contribution in [0.25, 0.3) is 0 Å². The van der Waals surface area contributed by atoms with Crippen LogP contribution in [-0.4, -0.2) is 41.4 Å². The number of halogens is 1. The van der Waals surface area contributed by atoms with E-state index in [2.05, 4.69) is 10.2 Å². The highest BCUT2D eigenvalue weighted by Gasteiger charge is 2.24. The average Bonchev–Trinajstić information content (AvgIpc) is 2.68. The smallest absolute Gasteiger partial charge is 0.223 e. The van der Waals surface area contributed by atoms with Crippen molar-refractivity contribution >= 4 is 17.7 Å². The molecule has 3 nitrogen and oxygen atoms in total. The fraction of sp³-hybridized carbons (Fsp3) is 0.667.